The fourth-order valence-electron chi connectivity index (χ4n) is 2.46. The van der Waals surface area contributed by atoms with Gasteiger partial charge in [0.2, 0.25) is 0 Å². The summed E-state index contributed by atoms with van der Waals surface area (Å²) in [4.78, 5) is 22.7. The summed E-state index contributed by atoms with van der Waals surface area (Å²) in [6.45, 7) is 3.37. The minimum Gasteiger partial charge on any atom is -0.438 e. The first-order valence-electron chi connectivity index (χ1n) is 6.31. The van der Waals surface area contributed by atoms with Crippen LogP contribution in [-0.2, 0) is 14.3 Å². The third-order valence-corrected chi connectivity index (χ3v) is 3.65. The lowest BCUT2D eigenvalue weighted by Gasteiger charge is -2.32. The molecule has 0 aromatic rings. The number of methoxy groups -OCH3 is 1. The van der Waals surface area contributed by atoms with Gasteiger partial charge in [0.25, 0.3) is 0 Å². The van der Waals surface area contributed by atoms with Crippen LogP contribution in [0.4, 0.5) is 4.79 Å². The quantitative estimate of drug-likeness (QED) is 0.711. The molecule has 0 spiro atoms. The Bertz CT molecular complexity index is 269. The molecule has 98 valence electrons. The molecule has 4 heteroatoms. The van der Waals surface area contributed by atoms with E-state index in [1.807, 2.05) is 6.92 Å². The largest absolute Gasteiger partial charge is 0.508 e. The number of carbonyl (C=O) groups excluding carboxylic acids is 2. The molecule has 0 unspecified atom stereocenters. The van der Waals surface area contributed by atoms with Crippen LogP contribution in [0.5, 0.6) is 0 Å². The Morgan fingerprint density at radius 2 is 1.76 bits per heavy atom. The molecular formula is C13H22O4. The number of hydrogen-bond donors (Lipinski definition) is 0. The van der Waals surface area contributed by atoms with Crippen molar-refractivity contribution in [3.63, 3.8) is 0 Å². The highest BCUT2D eigenvalue weighted by Gasteiger charge is 2.33. The number of Topliss-reactive ketones (excluding diaryl/α,β-unsaturated/α-hetero) is 1. The van der Waals surface area contributed by atoms with Crippen molar-refractivity contribution < 1.29 is 19.1 Å². The molecule has 0 amide bonds. The molecule has 1 aliphatic carbocycles. The first kappa shape index (κ1) is 14.0. The summed E-state index contributed by atoms with van der Waals surface area (Å²) < 4.78 is 9.81. The van der Waals surface area contributed by atoms with Gasteiger partial charge in [0.1, 0.15) is 11.9 Å². The highest BCUT2D eigenvalue weighted by Crippen LogP contribution is 2.32. The second-order valence-electron chi connectivity index (χ2n) is 4.83. The standard InChI is InChI=1S/C13H22O4/c1-9(10(2)14)12(17-13(15)16-3)11-7-5-4-6-8-11/h9,11-12H,4-8H2,1-3H3/t9-,12-/m1/s1. The summed E-state index contributed by atoms with van der Waals surface area (Å²) in [5.41, 5.74) is 0. The Hall–Kier alpha value is -1.06. The first-order chi connectivity index (χ1) is 8.06. The van der Waals surface area contributed by atoms with Gasteiger partial charge in [-0.15, -0.1) is 0 Å². The molecule has 0 radical (unpaired) electrons. The van der Waals surface area contributed by atoms with Crippen LogP contribution in [0.25, 0.3) is 0 Å². The van der Waals surface area contributed by atoms with Gasteiger partial charge in [-0.3, -0.25) is 4.79 Å². The molecule has 4 nitrogen and oxygen atoms in total. The molecule has 1 aliphatic rings. The molecule has 1 rings (SSSR count). The predicted molar refractivity (Wildman–Crippen MR) is 63.7 cm³/mol. The molecule has 0 saturated heterocycles. The normalized spacial score (nSPS) is 20.4. The van der Waals surface area contributed by atoms with Crippen molar-refractivity contribution in [1.29, 1.82) is 0 Å². The number of ether oxygens (including phenoxy) is 2. The van der Waals surface area contributed by atoms with E-state index in [2.05, 4.69) is 4.74 Å². The van der Waals surface area contributed by atoms with Crippen LogP contribution in [-0.4, -0.2) is 25.2 Å². The van der Waals surface area contributed by atoms with E-state index in [0.29, 0.717) is 5.92 Å². The SMILES string of the molecule is COC(=O)O[C@@H](C1CCCCC1)[C@H](C)C(C)=O. The van der Waals surface area contributed by atoms with Crippen molar-refractivity contribution in [3.8, 4) is 0 Å². The van der Waals surface area contributed by atoms with E-state index in [1.54, 1.807) is 6.92 Å². The molecule has 0 N–H and O–H groups in total. The predicted octanol–water partition coefficient (Wildman–Crippen LogP) is 2.94. The number of ketones is 1. The van der Waals surface area contributed by atoms with Crippen molar-refractivity contribution in [2.45, 2.75) is 52.1 Å². The van der Waals surface area contributed by atoms with Gasteiger partial charge in [-0.05, 0) is 25.7 Å². The zero-order valence-electron chi connectivity index (χ0n) is 10.9. The lowest BCUT2D eigenvalue weighted by molar-refractivity contribution is -0.126. The molecule has 1 fully saturated rings. The third kappa shape index (κ3) is 4.02. The lowest BCUT2D eigenvalue weighted by Crippen LogP contribution is -2.37. The molecule has 0 heterocycles. The van der Waals surface area contributed by atoms with Gasteiger partial charge in [0.15, 0.2) is 0 Å². The molecule has 17 heavy (non-hydrogen) atoms. The maximum atomic E-state index is 11.5. The Labute approximate surface area is 103 Å². The zero-order valence-corrected chi connectivity index (χ0v) is 10.9. The second kappa shape index (κ2) is 6.62. The number of carbonyl (C=O) groups is 2. The van der Waals surface area contributed by atoms with Crippen LogP contribution in [0, 0.1) is 11.8 Å². The van der Waals surface area contributed by atoms with Crippen molar-refractivity contribution in [2.75, 3.05) is 7.11 Å². The van der Waals surface area contributed by atoms with E-state index in [-0.39, 0.29) is 17.8 Å². The Morgan fingerprint density at radius 3 is 2.24 bits per heavy atom. The maximum Gasteiger partial charge on any atom is 0.508 e. The summed E-state index contributed by atoms with van der Waals surface area (Å²) >= 11 is 0. The van der Waals surface area contributed by atoms with Gasteiger partial charge >= 0.3 is 6.16 Å². The van der Waals surface area contributed by atoms with Crippen molar-refractivity contribution in [1.82, 2.24) is 0 Å². The van der Waals surface area contributed by atoms with Gasteiger partial charge in [0.05, 0.1) is 13.0 Å². The van der Waals surface area contributed by atoms with Crippen molar-refractivity contribution in [2.24, 2.45) is 11.8 Å². The summed E-state index contributed by atoms with van der Waals surface area (Å²) in [6.07, 6.45) is 4.56. The maximum absolute atomic E-state index is 11.5. The van der Waals surface area contributed by atoms with E-state index >= 15 is 0 Å². The molecule has 1 saturated carbocycles. The lowest BCUT2D eigenvalue weighted by atomic mass is 9.80. The fraction of sp³-hybridized carbons (Fsp3) is 0.846. The second-order valence-corrected chi connectivity index (χ2v) is 4.83. The summed E-state index contributed by atoms with van der Waals surface area (Å²) in [7, 11) is 1.29. The fourth-order valence-corrected chi connectivity index (χ4v) is 2.46. The molecule has 0 bridgehead atoms. The molecule has 0 aromatic carbocycles. The van der Waals surface area contributed by atoms with Crippen LogP contribution in [0.15, 0.2) is 0 Å². The molecule has 0 aliphatic heterocycles. The highest BCUT2D eigenvalue weighted by molar-refractivity contribution is 5.78. The van der Waals surface area contributed by atoms with Crippen LogP contribution in [0.2, 0.25) is 0 Å². The monoisotopic (exact) mass is 242 g/mol. The van der Waals surface area contributed by atoms with E-state index in [1.165, 1.54) is 13.5 Å². The van der Waals surface area contributed by atoms with Gasteiger partial charge in [-0.2, -0.15) is 0 Å². The van der Waals surface area contributed by atoms with Gasteiger partial charge in [-0.1, -0.05) is 26.2 Å². The highest BCUT2D eigenvalue weighted by atomic mass is 16.7. The zero-order chi connectivity index (χ0) is 12.8. The van der Waals surface area contributed by atoms with Gasteiger partial charge in [-0.25, -0.2) is 4.79 Å². The van der Waals surface area contributed by atoms with Crippen LogP contribution in [0.3, 0.4) is 0 Å². The van der Waals surface area contributed by atoms with Crippen LogP contribution >= 0.6 is 0 Å². The van der Waals surface area contributed by atoms with Crippen molar-refractivity contribution in [3.05, 3.63) is 0 Å². The minimum absolute atomic E-state index is 0.0597. The third-order valence-electron chi connectivity index (χ3n) is 3.65. The number of rotatable bonds is 4. The van der Waals surface area contributed by atoms with Gasteiger partial charge in [0, 0.05) is 0 Å². The average molecular weight is 242 g/mol. The average Bonchev–Trinajstić information content (AvgIpc) is 2.35. The number of hydrogen-bond acceptors (Lipinski definition) is 4. The molecule has 0 aromatic heterocycles. The Balaban J connectivity index is 2.69. The molecule has 2 atom stereocenters. The summed E-state index contributed by atoms with van der Waals surface area (Å²) in [5.74, 6) is 0.100. The minimum atomic E-state index is -0.686. The van der Waals surface area contributed by atoms with E-state index < -0.39 is 6.16 Å². The summed E-state index contributed by atoms with van der Waals surface area (Å²) in [6, 6.07) is 0. The Morgan fingerprint density at radius 1 is 1.18 bits per heavy atom. The van der Waals surface area contributed by atoms with Crippen LogP contribution in [0.1, 0.15) is 46.0 Å². The van der Waals surface area contributed by atoms with E-state index in [4.69, 9.17) is 4.74 Å². The first-order valence-corrected chi connectivity index (χ1v) is 6.31. The van der Waals surface area contributed by atoms with E-state index in [9.17, 15) is 9.59 Å². The molecular weight excluding hydrogens is 220 g/mol. The smallest absolute Gasteiger partial charge is 0.438 e. The topological polar surface area (TPSA) is 52.6 Å². The summed E-state index contributed by atoms with van der Waals surface area (Å²) in [5, 5.41) is 0. The van der Waals surface area contributed by atoms with Gasteiger partial charge < -0.3 is 9.47 Å². The van der Waals surface area contributed by atoms with Crippen molar-refractivity contribution >= 4 is 11.9 Å². The Kier molecular flexibility index (Phi) is 5.45. The van der Waals surface area contributed by atoms with Crippen LogP contribution < -0.4 is 0 Å². The van der Waals surface area contributed by atoms with E-state index in [0.717, 1.165) is 25.7 Å².